The molecule has 0 unspecified atom stereocenters. The zero-order valence-corrected chi connectivity index (χ0v) is 14.8. The molecule has 0 spiro atoms. The number of carbonyl (C=O) groups excluding carboxylic acids is 2. The molecule has 0 aliphatic carbocycles. The van der Waals surface area contributed by atoms with Gasteiger partial charge in [-0.15, -0.1) is 0 Å². The summed E-state index contributed by atoms with van der Waals surface area (Å²) in [5.74, 6) is -9.27. The van der Waals surface area contributed by atoms with E-state index in [0.717, 1.165) is 36.4 Å². The van der Waals surface area contributed by atoms with Crippen LogP contribution in [0.1, 0.15) is 20.7 Å². The van der Waals surface area contributed by atoms with E-state index in [1.54, 1.807) is 0 Å². The van der Waals surface area contributed by atoms with Crippen molar-refractivity contribution in [2.45, 2.75) is 12.2 Å². The SMILES string of the molecule is O=C(O[C@H](C(=O)O)[C@@H](OC(=O)c1ccc(O)c(O)c1)C(=O)O)c1ccc(O)c(O)c1. The van der Waals surface area contributed by atoms with Crippen LogP contribution in [0.25, 0.3) is 0 Å². The van der Waals surface area contributed by atoms with Gasteiger partial charge in [-0.25, -0.2) is 19.2 Å². The van der Waals surface area contributed by atoms with Gasteiger partial charge in [0.15, 0.2) is 23.0 Å². The molecule has 0 radical (unpaired) electrons. The van der Waals surface area contributed by atoms with Crippen LogP contribution in [-0.4, -0.2) is 66.7 Å². The topological polar surface area (TPSA) is 208 Å². The van der Waals surface area contributed by atoms with Gasteiger partial charge in [-0.2, -0.15) is 0 Å². The van der Waals surface area contributed by atoms with Crippen molar-refractivity contribution in [3.63, 3.8) is 0 Å². The van der Waals surface area contributed by atoms with E-state index in [9.17, 15) is 49.8 Å². The molecule has 158 valence electrons. The zero-order valence-electron chi connectivity index (χ0n) is 14.8. The van der Waals surface area contributed by atoms with Gasteiger partial charge in [0.2, 0.25) is 12.2 Å². The summed E-state index contributed by atoms with van der Waals surface area (Å²) in [4.78, 5) is 47.1. The number of aromatic hydroxyl groups is 4. The summed E-state index contributed by atoms with van der Waals surface area (Å²) in [7, 11) is 0. The average Bonchev–Trinajstić information content (AvgIpc) is 2.67. The highest BCUT2D eigenvalue weighted by Gasteiger charge is 2.41. The van der Waals surface area contributed by atoms with Gasteiger partial charge in [0.05, 0.1) is 11.1 Å². The lowest BCUT2D eigenvalue weighted by Gasteiger charge is -2.21. The van der Waals surface area contributed by atoms with E-state index in [-0.39, 0.29) is 0 Å². The molecule has 2 aromatic rings. The Morgan fingerprint density at radius 1 is 0.600 bits per heavy atom. The average molecular weight is 422 g/mol. The molecule has 0 aliphatic heterocycles. The van der Waals surface area contributed by atoms with Crippen molar-refractivity contribution in [2.75, 3.05) is 0 Å². The van der Waals surface area contributed by atoms with Crippen molar-refractivity contribution in [2.24, 2.45) is 0 Å². The molecule has 12 heteroatoms. The molecule has 2 aromatic carbocycles. The molecule has 6 N–H and O–H groups in total. The number of phenols is 4. The van der Waals surface area contributed by atoms with Crippen LogP contribution in [0.15, 0.2) is 36.4 Å². The predicted molar refractivity (Wildman–Crippen MR) is 93.2 cm³/mol. The summed E-state index contributed by atoms with van der Waals surface area (Å²) in [5.41, 5.74) is -0.842. The highest BCUT2D eigenvalue weighted by Crippen LogP contribution is 2.27. The van der Waals surface area contributed by atoms with Crippen LogP contribution in [0.2, 0.25) is 0 Å². The van der Waals surface area contributed by atoms with Gasteiger partial charge in [-0.05, 0) is 36.4 Å². The van der Waals surface area contributed by atoms with Gasteiger partial charge >= 0.3 is 23.9 Å². The molecule has 30 heavy (non-hydrogen) atoms. The second-order valence-corrected chi connectivity index (χ2v) is 5.74. The van der Waals surface area contributed by atoms with Crippen molar-refractivity contribution in [3.05, 3.63) is 47.5 Å². The van der Waals surface area contributed by atoms with Gasteiger partial charge in [0, 0.05) is 0 Å². The van der Waals surface area contributed by atoms with E-state index in [0.29, 0.717) is 0 Å². The van der Waals surface area contributed by atoms with Gasteiger partial charge in [0.25, 0.3) is 0 Å². The molecular formula is C18H14O12. The third-order valence-electron chi connectivity index (χ3n) is 3.65. The molecule has 0 bridgehead atoms. The predicted octanol–water partition coefficient (Wildman–Crippen LogP) is 0.429. The Hall–Kier alpha value is -4.48. The lowest BCUT2D eigenvalue weighted by molar-refractivity contribution is -0.166. The summed E-state index contributed by atoms with van der Waals surface area (Å²) >= 11 is 0. The first kappa shape index (κ1) is 21.8. The van der Waals surface area contributed by atoms with E-state index >= 15 is 0 Å². The summed E-state index contributed by atoms with van der Waals surface area (Å²) in [6, 6.07) is 5.26. The molecule has 12 nitrogen and oxygen atoms in total. The van der Waals surface area contributed by atoms with Crippen LogP contribution < -0.4 is 0 Å². The molecule has 2 atom stereocenters. The Morgan fingerprint density at radius 3 is 1.20 bits per heavy atom. The van der Waals surface area contributed by atoms with Crippen molar-refractivity contribution in [1.82, 2.24) is 0 Å². The van der Waals surface area contributed by atoms with E-state index < -0.39 is 70.2 Å². The molecule has 0 amide bonds. The van der Waals surface area contributed by atoms with Crippen LogP contribution in [-0.2, 0) is 19.1 Å². The Morgan fingerprint density at radius 2 is 0.933 bits per heavy atom. The van der Waals surface area contributed by atoms with Crippen LogP contribution in [0.4, 0.5) is 0 Å². The highest BCUT2D eigenvalue weighted by atomic mass is 16.6. The second-order valence-electron chi connectivity index (χ2n) is 5.74. The van der Waals surface area contributed by atoms with E-state index in [1.807, 2.05) is 0 Å². The van der Waals surface area contributed by atoms with E-state index in [2.05, 4.69) is 9.47 Å². The Balaban J connectivity index is 2.26. The highest BCUT2D eigenvalue weighted by molar-refractivity contribution is 5.95. The molecule has 0 aromatic heterocycles. The third kappa shape index (κ3) is 4.86. The number of carboxylic acid groups (broad SMARTS) is 2. The second kappa shape index (κ2) is 8.68. The first-order valence-electron chi connectivity index (χ1n) is 7.92. The number of esters is 2. The summed E-state index contributed by atoms with van der Waals surface area (Å²) in [5, 5.41) is 55.8. The maximum absolute atomic E-state index is 12.1. The van der Waals surface area contributed by atoms with Gasteiger partial charge in [-0.1, -0.05) is 0 Å². The number of carboxylic acids is 2. The lowest BCUT2D eigenvalue weighted by Crippen LogP contribution is -2.45. The monoisotopic (exact) mass is 422 g/mol. The van der Waals surface area contributed by atoms with E-state index in [4.69, 9.17) is 0 Å². The Labute approximate surface area is 166 Å². The molecule has 0 saturated carbocycles. The zero-order chi connectivity index (χ0) is 22.6. The normalized spacial score (nSPS) is 12.4. The number of hydrogen-bond donors (Lipinski definition) is 6. The first-order valence-corrected chi connectivity index (χ1v) is 7.92. The minimum atomic E-state index is -2.49. The fraction of sp³-hybridized carbons (Fsp3) is 0.111. The number of benzene rings is 2. The third-order valence-corrected chi connectivity index (χ3v) is 3.65. The number of hydrogen-bond acceptors (Lipinski definition) is 10. The minimum Gasteiger partial charge on any atom is -0.504 e. The largest absolute Gasteiger partial charge is 0.504 e. The van der Waals surface area contributed by atoms with Gasteiger partial charge < -0.3 is 40.1 Å². The van der Waals surface area contributed by atoms with Crippen molar-refractivity contribution in [1.29, 1.82) is 0 Å². The Kier molecular flexibility index (Phi) is 6.32. The standard InChI is InChI=1S/C18H14O12/c19-9-3-1-7(5-11(9)21)17(27)29-13(15(23)24)14(16(25)26)30-18(28)8-2-4-10(20)12(22)6-8/h1-6,13-14,19-22H,(H,23,24)(H,25,26)/t13-,14+. The van der Waals surface area contributed by atoms with Crippen molar-refractivity contribution in [3.8, 4) is 23.0 Å². The van der Waals surface area contributed by atoms with Crippen LogP contribution in [0.3, 0.4) is 0 Å². The fourth-order valence-electron chi connectivity index (χ4n) is 2.15. The Bertz CT molecular complexity index is 931. The number of rotatable bonds is 7. The van der Waals surface area contributed by atoms with Crippen LogP contribution in [0.5, 0.6) is 23.0 Å². The minimum absolute atomic E-state index is 0.421. The van der Waals surface area contributed by atoms with Crippen LogP contribution in [0, 0.1) is 0 Å². The summed E-state index contributed by atoms with van der Waals surface area (Å²) < 4.78 is 9.23. The number of aliphatic carboxylic acids is 2. The summed E-state index contributed by atoms with van der Waals surface area (Å²) in [6.45, 7) is 0. The van der Waals surface area contributed by atoms with Gasteiger partial charge in [-0.3, -0.25) is 0 Å². The lowest BCUT2D eigenvalue weighted by atomic mass is 10.1. The molecule has 0 saturated heterocycles. The maximum atomic E-state index is 12.1. The van der Waals surface area contributed by atoms with E-state index in [1.165, 1.54) is 0 Å². The van der Waals surface area contributed by atoms with Crippen LogP contribution >= 0.6 is 0 Å². The quantitative estimate of drug-likeness (QED) is 0.265. The van der Waals surface area contributed by atoms with Crippen molar-refractivity contribution >= 4 is 23.9 Å². The summed E-state index contributed by atoms with van der Waals surface area (Å²) in [6.07, 6.45) is -4.97. The number of carbonyl (C=O) groups is 4. The molecule has 0 aliphatic rings. The molecule has 0 heterocycles. The molecular weight excluding hydrogens is 408 g/mol. The smallest absolute Gasteiger partial charge is 0.349 e. The van der Waals surface area contributed by atoms with Gasteiger partial charge in [0.1, 0.15) is 0 Å². The number of ether oxygens (including phenoxy) is 2. The fourth-order valence-corrected chi connectivity index (χ4v) is 2.15. The molecule has 0 fully saturated rings. The number of phenolic OH excluding ortho intramolecular Hbond substituents is 4. The maximum Gasteiger partial charge on any atom is 0.349 e. The molecule has 2 rings (SSSR count). The van der Waals surface area contributed by atoms with Crippen molar-refractivity contribution < 1.29 is 59.3 Å². The first-order chi connectivity index (χ1) is 14.0.